The molecule has 32 heavy (non-hydrogen) atoms. The van der Waals surface area contributed by atoms with Crippen LogP contribution in [0.25, 0.3) is 11.3 Å². The fourth-order valence-corrected chi connectivity index (χ4v) is 4.54. The number of sulfonamides is 1. The smallest absolute Gasteiger partial charge is 0.416 e. The predicted molar refractivity (Wildman–Crippen MR) is 114 cm³/mol. The second kappa shape index (κ2) is 9.27. The number of carbonyl (C=O) groups excluding carboxylic acids is 1. The van der Waals surface area contributed by atoms with Crippen molar-refractivity contribution in [3.8, 4) is 17.0 Å². The number of thiazole rings is 1. The normalized spacial score (nSPS) is 12.9. The van der Waals surface area contributed by atoms with Crippen LogP contribution in [-0.4, -0.2) is 32.5 Å². The molecule has 0 bridgehead atoms. The fraction of sp³-hybridized carbons (Fsp3) is 0.200. The van der Waals surface area contributed by atoms with E-state index in [1.165, 1.54) is 6.92 Å². The van der Waals surface area contributed by atoms with Gasteiger partial charge in [-0.2, -0.15) is 17.9 Å². The Labute approximate surface area is 186 Å². The number of hydrogen-bond donors (Lipinski definition) is 2. The first-order chi connectivity index (χ1) is 15.0. The average molecular weight is 486 g/mol. The second-order valence-corrected chi connectivity index (χ2v) is 9.19. The van der Waals surface area contributed by atoms with E-state index in [0.717, 1.165) is 29.0 Å². The van der Waals surface area contributed by atoms with Gasteiger partial charge in [0.1, 0.15) is 5.75 Å². The Balaban J connectivity index is 1.65. The molecule has 0 saturated heterocycles. The number of rotatable bonds is 7. The largest absolute Gasteiger partial charge is 0.497 e. The topological polar surface area (TPSA) is 97.4 Å². The monoisotopic (exact) mass is 485 g/mol. The van der Waals surface area contributed by atoms with E-state index >= 15 is 0 Å². The number of methoxy groups -OCH3 is 1. The van der Waals surface area contributed by atoms with Gasteiger partial charge < -0.3 is 10.1 Å². The highest BCUT2D eigenvalue weighted by Crippen LogP contribution is 2.30. The number of nitrogens with zero attached hydrogens (tertiary/aromatic N) is 1. The fourth-order valence-electron chi connectivity index (χ4n) is 2.62. The summed E-state index contributed by atoms with van der Waals surface area (Å²) in [6, 6.07) is 8.94. The Morgan fingerprint density at radius 2 is 1.72 bits per heavy atom. The van der Waals surface area contributed by atoms with E-state index in [1.807, 2.05) is 0 Å². The number of halogens is 3. The van der Waals surface area contributed by atoms with E-state index in [4.69, 9.17) is 4.74 Å². The number of benzene rings is 2. The molecule has 12 heteroatoms. The van der Waals surface area contributed by atoms with Crippen LogP contribution in [0.5, 0.6) is 5.75 Å². The van der Waals surface area contributed by atoms with Crippen LogP contribution in [0.1, 0.15) is 12.5 Å². The van der Waals surface area contributed by atoms with E-state index in [1.54, 1.807) is 36.8 Å². The van der Waals surface area contributed by atoms with Gasteiger partial charge in [0.05, 0.1) is 29.3 Å². The molecule has 0 radical (unpaired) electrons. The Bertz CT molecular complexity index is 1190. The van der Waals surface area contributed by atoms with Crippen molar-refractivity contribution >= 4 is 32.4 Å². The number of aromatic nitrogens is 1. The number of amides is 1. The lowest BCUT2D eigenvalue weighted by atomic mass is 10.2. The first kappa shape index (κ1) is 23.7. The van der Waals surface area contributed by atoms with Gasteiger partial charge in [-0.1, -0.05) is 0 Å². The van der Waals surface area contributed by atoms with Crippen molar-refractivity contribution in [2.45, 2.75) is 24.0 Å². The van der Waals surface area contributed by atoms with Crippen LogP contribution in [0, 0.1) is 0 Å². The van der Waals surface area contributed by atoms with E-state index in [-0.39, 0.29) is 10.0 Å². The molecule has 0 aliphatic carbocycles. The molecule has 0 saturated carbocycles. The van der Waals surface area contributed by atoms with Crippen molar-refractivity contribution < 1.29 is 31.1 Å². The van der Waals surface area contributed by atoms with Crippen LogP contribution in [0.2, 0.25) is 0 Å². The van der Waals surface area contributed by atoms with E-state index < -0.39 is 33.7 Å². The van der Waals surface area contributed by atoms with E-state index in [0.29, 0.717) is 23.6 Å². The molecule has 0 fully saturated rings. The summed E-state index contributed by atoms with van der Waals surface area (Å²) < 4.78 is 70.0. The third-order valence-corrected chi connectivity index (χ3v) is 6.65. The van der Waals surface area contributed by atoms with Crippen LogP contribution >= 0.6 is 11.3 Å². The highest BCUT2D eigenvalue weighted by atomic mass is 32.2. The lowest BCUT2D eigenvalue weighted by Gasteiger charge is -2.14. The highest BCUT2D eigenvalue weighted by Gasteiger charge is 2.31. The number of carbonyl (C=O) groups is 1. The van der Waals surface area contributed by atoms with Gasteiger partial charge >= 0.3 is 6.18 Å². The lowest BCUT2D eigenvalue weighted by molar-refractivity contribution is -0.137. The van der Waals surface area contributed by atoms with Gasteiger partial charge in [-0.05, 0) is 55.5 Å². The summed E-state index contributed by atoms with van der Waals surface area (Å²) >= 11 is 1.16. The molecule has 1 heterocycles. The summed E-state index contributed by atoms with van der Waals surface area (Å²) in [4.78, 5) is 16.3. The van der Waals surface area contributed by atoms with E-state index in [2.05, 4.69) is 15.0 Å². The summed E-state index contributed by atoms with van der Waals surface area (Å²) in [5.41, 5.74) is 0.447. The summed E-state index contributed by atoms with van der Waals surface area (Å²) in [6.07, 6.45) is -4.58. The van der Waals surface area contributed by atoms with Gasteiger partial charge in [-0.3, -0.25) is 4.79 Å². The number of alkyl halides is 3. The van der Waals surface area contributed by atoms with Crippen molar-refractivity contribution in [2.75, 3.05) is 12.4 Å². The van der Waals surface area contributed by atoms with Gasteiger partial charge in [0, 0.05) is 10.9 Å². The van der Waals surface area contributed by atoms with Crippen LogP contribution in [0.15, 0.2) is 58.8 Å². The Hall–Kier alpha value is -2.96. The molecule has 1 unspecified atom stereocenters. The zero-order valence-corrected chi connectivity index (χ0v) is 18.4. The molecule has 3 rings (SSSR count). The number of anilines is 1. The van der Waals surface area contributed by atoms with Crippen molar-refractivity contribution in [3.63, 3.8) is 0 Å². The molecule has 1 amide bonds. The standard InChI is InChI=1S/C20H18F3N3O4S2/c1-12(26-32(28,29)16-9-5-14(6-10-16)20(21,22)23)18(27)25-19-24-17(11-31-19)13-3-7-15(30-2)8-4-13/h3-12,26H,1-2H3,(H,24,25,27). The van der Waals surface area contributed by atoms with Crippen LogP contribution < -0.4 is 14.8 Å². The SMILES string of the molecule is COc1ccc(-c2csc(NC(=O)C(C)NS(=O)(=O)c3ccc(C(F)(F)F)cc3)n2)cc1. The molecule has 3 aromatic rings. The molecule has 7 nitrogen and oxygen atoms in total. The van der Waals surface area contributed by atoms with Crippen molar-refractivity contribution in [2.24, 2.45) is 0 Å². The first-order valence-electron chi connectivity index (χ1n) is 9.10. The summed E-state index contributed by atoms with van der Waals surface area (Å²) in [5, 5.41) is 4.52. The summed E-state index contributed by atoms with van der Waals surface area (Å²) in [7, 11) is -2.66. The van der Waals surface area contributed by atoms with Crippen LogP contribution in [-0.2, 0) is 21.0 Å². The van der Waals surface area contributed by atoms with Gasteiger partial charge in [0.15, 0.2) is 5.13 Å². The van der Waals surface area contributed by atoms with Gasteiger partial charge in [-0.15, -0.1) is 11.3 Å². The van der Waals surface area contributed by atoms with E-state index in [9.17, 15) is 26.4 Å². The number of ether oxygens (including phenoxy) is 1. The third kappa shape index (κ3) is 5.64. The molecule has 1 aromatic heterocycles. The van der Waals surface area contributed by atoms with Crippen molar-refractivity contribution in [1.82, 2.24) is 9.71 Å². The molecule has 0 aliphatic heterocycles. The third-order valence-electron chi connectivity index (χ3n) is 4.34. The second-order valence-electron chi connectivity index (χ2n) is 6.62. The Morgan fingerprint density at radius 3 is 2.28 bits per heavy atom. The van der Waals surface area contributed by atoms with Crippen molar-refractivity contribution in [1.29, 1.82) is 0 Å². The summed E-state index contributed by atoms with van der Waals surface area (Å²) in [6.45, 7) is 1.31. The number of nitrogens with one attached hydrogen (secondary N) is 2. The Morgan fingerprint density at radius 1 is 1.09 bits per heavy atom. The minimum Gasteiger partial charge on any atom is -0.497 e. The Kier molecular flexibility index (Phi) is 6.86. The zero-order valence-electron chi connectivity index (χ0n) is 16.8. The molecule has 0 spiro atoms. The number of hydrogen-bond acceptors (Lipinski definition) is 6. The molecular formula is C20H18F3N3O4S2. The molecule has 2 aromatic carbocycles. The minimum atomic E-state index is -4.58. The van der Waals surface area contributed by atoms with Gasteiger partial charge in [0.25, 0.3) is 0 Å². The maximum atomic E-state index is 12.7. The molecular weight excluding hydrogens is 467 g/mol. The predicted octanol–water partition coefficient (Wildman–Crippen LogP) is 4.14. The highest BCUT2D eigenvalue weighted by molar-refractivity contribution is 7.89. The molecule has 1 atom stereocenters. The molecule has 0 aliphatic rings. The molecule has 170 valence electrons. The van der Waals surface area contributed by atoms with Crippen LogP contribution in [0.4, 0.5) is 18.3 Å². The zero-order chi connectivity index (χ0) is 23.5. The molecule has 2 N–H and O–H groups in total. The van der Waals surface area contributed by atoms with Gasteiger partial charge in [-0.25, -0.2) is 13.4 Å². The maximum Gasteiger partial charge on any atom is 0.416 e. The minimum absolute atomic E-state index is 0.265. The van der Waals surface area contributed by atoms with Crippen LogP contribution in [0.3, 0.4) is 0 Å². The summed E-state index contributed by atoms with van der Waals surface area (Å²) in [5.74, 6) is 0.0165. The van der Waals surface area contributed by atoms with Crippen molar-refractivity contribution in [3.05, 3.63) is 59.5 Å². The quantitative estimate of drug-likeness (QED) is 0.524. The first-order valence-corrected chi connectivity index (χ1v) is 11.5. The van der Waals surface area contributed by atoms with Gasteiger partial charge in [0.2, 0.25) is 15.9 Å². The lowest BCUT2D eigenvalue weighted by Crippen LogP contribution is -2.41. The maximum absolute atomic E-state index is 12.7. The average Bonchev–Trinajstić information content (AvgIpc) is 3.21.